The van der Waals surface area contributed by atoms with Crippen LogP contribution in [-0.4, -0.2) is 18.2 Å². The van der Waals surface area contributed by atoms with Crippen molar-refractivity contribution in [1.82, 2.24) is 0 Å². The number of benzene rings is 1. The summed E-state index contributed by atoms with van der Waals surface area (Å²) < 4.78 is 10.5. The largest absolute Gasteiger partial charge is 0.472 e. The topological polar surface area (TPSA) is 88.0 Å². The maximum Gasteiger partial charge on any atom is 0.345 e. The van der Waals surface area contributed by atoms with Gasteiger partial charge in [0.2, 0.25) is 5.90 Å². The first kappa shape index (κ1) is 12.1. The van der Waals surface area contributed by atoms with Crippen molar-refractivity contribution >= 4 is 22.6 Å². The summed E-state index contributed by atoms with van der Waals surface area (Å²) in [6.45, 7) is 0.101. The normalized spacial score (nSPS) is 14.2. The third-order valence-corrected chi connectivity index (χ3v) is 2.84. The van der Waals surface area contributed by atoms with Crippen LogP contribution in [0.25, 0.3) is 11.0 Å². The van der Waals surface area contributed by atoms with Crippen LogP contribution in [0.15, 0.2) is 49.7 Å². The standard InChI is InChI=1S/C14H9N3O3/c15-6-5-13-17-16-11(8-19-13)10-7-9-3-1-2-4-12(9)20-14(10)18/h1-4,7H,5,8H2. The smallest absolute Gasteiger partial charge is 0.345 e. The highest BCUT2D eigenvalue weighted by Gasteiger charge is 2.17. The fourth-order valence-electron chi connectivity index (χ4n) is 1.87. The average Bonchev–Trinajstić information content (AvgIpc) is 2.48. The van der Waals surface area contributed by atoms with E-state index in [1.807, 2.05) is 18.2 Å². The van der Waals surface area contributed by atoms with Crippen LogP contribution in [0, 0.1) is 11.3 Å². The van der Waals surface area contributed by atoms with Crippen LogP contribution in [0.2, 0.25) is 0 Å². The third kappa shape index (κ3) is 2.17. The Kier molecular flexibility index (Phi) is 3.01. The molecule has 6 heteroatoms. The van der Waals surface area contributed by atoms with E-state index in [-0.39, 0.29) is 18.9 Å². The first-order chi connectivity index (χ1) is 9.78. The van der Waals surface area contributed by atoms with Gasteiger partial charge in [-0.15, -0.1) is 10.2 Å². The maximum atomic E-state index is 11.9. The zero-order valence-electron chi connectivity index (χ0n) is 10.4. The predicted octanol–water partition coefficient (Wildman–Crippen LogP) is 1.84. The Morgan fingerprint density at radius 3 is 2.90 bits per heavy atom. The van der Waals surface area contributed by atoms with Crippen molar-refractivity contribution in [3.05, 3.63) is 46.3 Å². The van der Waals surface area contributed by atoms with Crippen molar-refractivity contribution < 1.29 is 9.15 Å². The Morgan fingerprint density at radius 2 is 2.15 bits per heavy atom. The predicted molar refractivity (Wildman–Crippen MR) is 72.6 cm³/mol. The minimum Gasteiger partial charge on any atom is -0.472 e. The van der Waals surface area contributed by atoms with Gasteiger partial charge in [-0.05, 0) is 12.1 Å². The molecule has 3 rings (SSSR count). The molecule has 6 nitrogen and oxygen atoms in total. The number of rotatable bonds is 2. The highest BCUT2D eigenvalue weighted by atomic mass is 16.5. The first-order valence-corrected chi connectivity index (χ1v) is 5.94. The molecular weight excluding hydrogens is 258 g/mol. The maximum absolute atomic E-state index is 11.9. The van der Waals surface area contributed by atoms with Crippen LogP contribution in [0.5, 0.6) is 0 Å². The van der Waals surface area contributed by atoms with Gasteiger partial charge in [0.1, 0.15) is 24.3 Å². The number of hydrogen-bond acceptors (Lipinski definition) is 6. The number of hydrogen-bond donors (Lipinski definition) is 0. The summed E-state index contributed by atoms with van der Waals surface area (Å²) in [7, 11) is 0. The van der Waals surface area contributed by atoms with Gasteiger partial charge in [-0.1, -0.05) is 18.2 Å². The van der Waals surface area contributed by atoms with Gasteiger partial charge in [0.25, 0.3) is 0 Å². The van der Waals surface area contributed by atoms with Gasteiger partial charge in [0, 0.05) is 5.39 Å². The number of ether oxygens (including phenoxy) is 1. The molecule has 1 aromatic heterocycles. The molecule has 0 saturated carbocycles. The Balaban J connectivity index is 2.05. The lowest BCUT2D eigenvalue weighted by Crippen LogP contribution is -2.23. The average molecular weight is 267 g/mol. The Bertz CT molecular complexity index is 827. The van der Waals surface area contributed by atoms with Gasteiger partial charge < -0.3 is 9.15 Å². The van der Waals surface area contributed by atoms with Crippen molar-refractivity contribution in [2.45, 2.75) is 6.42 Å². The minimum atomic E-state index is -0.481. The van der Waals surface area contributed by atoms with Crippen LogP contribution in [0.1, 0.15) is 12.0 Å². The van der Waals surface area contributed by atoms with E-state index in [1.54, 1.807) is 18.2 Å². The fourth-order valence-corrected chi connectivity index (χ4v) is 1.87. The van der Waals surface area contributed by atoms with E-state index >= 15 is 0 Å². The monoisotopic (exact) mass is 267 g/mol. The fraction of sp³-hybridized carbons (Fsp3) is 0.143. The van der Waals surface area contributed by atoms with Crippen LogP contribution >= 0.6 is 0 Å². The summed E-state index contributed by atoms with van der Waals surface area (Å²) in [5, 5.41) is 17.1. The van der Waals surface area contributed by atoms with E-state index in [4.69, 9.17) is 14.4 Å². The molecule has 2 heterocycles. The van der Waals surface area contributed by atoms with Crippen LogP contribution in [0.4, 0.5) is 0 Å². The Hall–Kier alpha value is -2.94. The van der Waals surface area contributed by atoms with E-state index < -0.39 is 5.63 Å². The Morgan fingerprint density at radius 1 is 1.30 bits per heavy atom. The quantitative estimate of drug-likeness (QED) is 0.776. The molecule has 0 fully saturated rings. The molecule has 2 aromatic rings. The summed E-state index contributed by atoms with van der Waals surface area (Å²) in [6.07, 6.45) is 0.0586. The molecule has 0 amide bonds. The van der Waals surface area contributed by atoms with Gasteiger partial charge >= 0.3 is 5.63 Å². The zero-order chi connectivity index (χ0) is 13.9. The molecule has 20 heavy (non-hydrogen) atoms. The van der Waals surface area contributed by atoms with E-state index in [0.717, 1.165) is 5.39 Å². The summed E-state index contributed by atoms with van der Waals surface area (Å²) in [5.74, 6) is 0.251. The van der Waals surface area contributed by atoms with Crippen molar-refractivity contribution in [2.75, 3.05) is 6.61 Å². The van der Waals surface area contributed by atoms with E-state index in [0.29, 0.717) is 16.9 Å². The van der Waals surface area contributed by atoms with Crippen LogP contribution in [-0.2, 0) is 4.74 Å². The second-order valence-corrected chi connectivity index (χ2v) is 4.15. The lowest BCUT2D eigenvalue weighted by atomic mass is 10.1. The van der Waals surface area contributed by atoms with Gasteiger partial charge in [-0.25, -0.2) is 4.79 Å². The molecule has 98 valence electrons. The number of nitrogens with zero attached hydrogens (tertiary/aromatic N) is 3. The first-order valence-electron chi connectivity index (χ1n) is 5.94. The molecule has 0 spiro atoms. The third-order valence-electron chi connectivity index (χ3n) is 2.84. The lowest BCUT2D eigenvalue weighted by molar-refractivity contribution is 0.348. The number of para-hydroxylation sites is 1. The van der Waals surface area contributed by atoms with Gasteiger partial charge in [0.05, 0.1) is 11.6 Å². The molecule has 0 atom stereocenters. The Labute approximate surface area is 113 Å². The molecule has 0 N–H and O–H groups in total. The molecule has 1 aliphatic heterocycles. The van der Waals surface area contributed by atoms with Gasteiger partial charge in [0.15, 0.2) is 0 Å². The van der Waals surface area contributed by atoms with Gasteiger partial charge in [-0.3, -0.25) is 0 Å². The van der Waals surface area contributed by atoms with E-state index in [2.05, 4.69) is 10.2 Å². The van der Waals surface area contributed by atoms with Crippen LogP contribution < -0.4 is 5.63 Å². The molecule has 1 aromatic carbocycles. The van der Waals surface area contributed by atoms with Crippen molar-refractivity contribution in [1.29, 1.82) is 5.26 Å². The SMILES string of the molecule is N#CCC1=NN=C(c2cc3ccccc3oc2=O)CO1. The van der Waals surface area contributed by atoms with E-state index in [1.165, 1.54) is 0 Å². The summed E-state index contributed by atoms with van der Waals surface area (Å²) in [4.78, 5) is 11.9. The second kappa shape index (κ2) is 4.97. The van der Waals surface area contributed by atoms with Crippen molar-refractivity contribution in [3.8, 4) is 6.07 Å². The highest BCUT2D eigenvalue weighted by molar-refractivity contribution is 6.05. The minimum absolute atomic E-state index is 0.0586. The molecular formula is C14H9N3O3. The van der Waals surface area contributed by atoms with Gasteiger partial charge in [-0.2, -0.15) is 5.26 Å². The summed E-state index contributed by atoms with van der Waals surface area (Å²) in [5.41, 5.74) is 0.756. The number of nitriles is 1. The van der Waals surface area contributed by atoms with Crippen molar-refractivity contribution in [2.24, 2.45) is 10.2 Å². The number of fused-ring (bicyclic) bond motifs is 1. The van der Waals surface area contributed by atoms with Crippen LogP contribution in [0.3, 0.4) is 0 Å². The molecule has 0 bridgehead atoms. The second-order valence-electron chi connectivity index (χ2n) is 4.15. The summed E-state index contributed by atoms with van der Waals surface area (Å²) >= 11 is 0. The lowest BCUT2D eigenvalue weighted by Gasteiger charge is -2.11. The summed E-state index contributed by atoms with van der Waals surface area (Å²) in [6, 6.07) is 10.8. The molecule has 1 aliphatic rings. The van der Waals surface area contributed by atoms with Crippen molar-refractivity contribution in [3.63, 3.8) is 0 Å². The highest BCUT2D eigenvalue weighted by Crippen LogP contribution is 2.14. The van der Waals surface area contributed by atoms with E-state index in [9.17, 15) is 4.79 Å². The molecule has 0 aliphatic carbocycles. The molecule has 0 radical (unpaired) electrons. The molecule has 0 unspecified atom stereocenters. The molecule has 0 saturated heterocycles. The zero-order valence-corrected chi connectivity index (χ0v) is 10.4.